The molecule has 8 rings (SSSR count). The summed E-state index contributed by atoms with van der Waals surface area (Å²) in [4.78, 5) is 31.5. The minimum atomic E-state index is -2.62. The quantitative estimate of drug-likeness (QED) is 0.124. The average Bonchev–Trinajstić information content (AvgIpc) is 3.96. The number of primary amides is 1. The highest BCUT2D eigenvalue weighted by atomic mass is 19.3. The van der Waals surface area contributed by atoms with Crippen molar-refractivity contribution < 1.29 is 31.1 Å². The number of nitrogens with zero attached hydrogens (tertiary/aromatic N) is 11. The second kappa shape index (κ2) is 14.9. The Balaban J connectivity index is 0.000000169. The third-order valence-electron chi connectivity index (χ3n) is 8.14. The lowest BCUT2D eigenvalue weighted by Gasteiger charge is -2.10. The van der Waals surface area contributed by atoms with Gasteiger partial charge in [0.1, 0.15) is 28.7 Å². The first-order valence-corrected chi connectivity index (χ1v) is 16.1. The highest BCUT2D eigenvalue weighted by molar-refractivity contribution is 5.91. The molecular formula is C36H24F6N12O. The van der Waals surface area contributed by atoms with Crippen LogP contribution in [0.1, 0.15) is 10.5 Å². The molecule has 0 aliphatic carbocycles. The molecule has 0 aliphatic heterocycles. The van der Waals surface area contributed by atoms with Gasteiger partial charge in [-0.3, -0.25) is 4.79 Å². The van der Waals surface area contributed by atoms with E-state index in [1.165, 1.54) is 91.7 Å². The molecule has 1 amide bonds. The summed E-state index contributed by atoms with van der Waals surface area (Å²) < 4.78 is 83.8. The predicted octanol–water partition coefficient (Wildman–Crippen LogP) is 6.98. The van der Waals surface area contributed by atoms with E-state index in [1.54, 1.807) is 24.3 Å². The van der Waals surface area contributed by atoms with Crippen molar-refractivity contribution in [2.75, 3.05) is 0 Å². The summed E-state index contributed by atoms with van der Waals surface area (Å²) in [6.45, 7) is 6.02. The van der Waals surface area contributed by atoms with Gasteiger partial charge in [0.25, 0.3) is 24.6 Å². The molecule has 276 valence electrons. The number of alkyl halides is 4. The van der Waals surface area contributed by atoms with Gasteiger partial charge in [0.15, 0.2) is 5.65 Å². The molecule has 0 atom stereocenters. The second-order valence-electron chi connectivity index (χ2n) is 11.7. The van der Waals surface area contributed by atoms with Gasteiger partial charge in [-0.2, -0.15) is 5.10 Å². The minimum Gasteiger partial charge on any atom is -0.364 e. The number of imidazole rings is 4. The summed E-state index contributed by atoms with van der Waals surface area (Å²) >= 11 is 0. The highest BCUT2D eigenvalue weighted by Crippen LogP contribution is 2.33. The van der Waals surface area contributed by atoms with E-state index in [0.29, 0.717) is 50.9 Å². The van der Waals surface area contributed by atoms with Crippen LogP contribution in [0.3, 0.4) is 0 Å². The molecule has 19 heteroatoms. The SMILES string of the molecule is NC(=O)c1cnc2ccc(-c3c(-c4ccc(F)cc4)ncn3CC(F)F)nn12.[C-]#[N+]c1cnc2ccc(-c3c(-c4ccc(F)cc4)ncn3CC(F)F)nn12. The maximum absolute atomic E-state index is 13.3. The molecule has 6 aromatic heterocycles. The monoisotopic (exact) mass is 754 g/mol. The summed E-state index contributed by atoms with van der Waals surface area (Å²) in [5.74, 6) is -1.36. The van der Waals surface area contributed by atoms with Gasteiger partial charge >= 0.3 is 0 Å². The lowest BCUT2D eigenvalue weighted by molar-refractivity contribution is 0.0993. The van der Waals surface area contributed by atoms with Crippen LogP contribution in [0, 0.1) is 18.2 Å². The lowest BCUT2D eigenvalue weighted by Crippen LogP contribution is -2.15. The van der Waals surface area contributed by atoms with Crippen molar-refractivity contribution in [3.8, 4) is 45.3 Å². The van der Waals surface area contributed by atoms with E-state index >= 15 is 0 Å². The minimum absolute atomic E-state index is 0.0557. The normalized spacial score (nSPS) is 11.3. The van der Waals surface area contributed by atoms with Crippen LogP contribution in [0.5, 0.6) is 0 Å². The molecule has 13 nitrogen and oxygen atoms in total. The number of hydrogen-bond donors (Lipinski definition) is 1. The van der Waals surface area contributed by atoms with E-state index in [1.807, 2.05) is 0 Å². The van der Waals surface area contributed by atoms with E-state index in [-0.39, 0.29) is 17.2 Å². The number of rotatable bonds is 9. The lowest BCUT2D eigenvalue weighted by atomic mass is 10.1. The Hall–Kier alpha value is -7.36. The Kier molecular flexibility index (Phi) is 9.78. The summed E-state index contributed by atoms with van der Waals surface area (Å²) in [7, 11) is 0. The van der Waals surface area contributed by atoms with Crippen molar-refractivity contribution in [2.24, 2.45) is 5.73 Å². The van der Waals surface area contributed by atoms with Crippen molar-refractivity contribution in [3.63, 3.8) is 0 Å². The fraction of sp³-hybridized carbons (Fsp3) is 0.111. The fourth-order valence-corrected chi connectivity index (χ4v) is 5.75. The Labute approximate surface area is 305 Å². The van der Waals surface area contributed by atoms with Gasteiger partial charge in [-0.25, -0.2) is 50.8 Å². The molecule has 6 heterocycles. The topological polar surface area (TPSA) is 143 Å². The number of benzene rings is 2. The largest absolute Gasteiger partial charge is 0.364 e. The molecule has 0 fully saturated rings. The number of aromatic nitrogens is 10. The Bertz CT molecular complexity index is 2690. The zero-order chi connectivity index (χ0) is 38.8. The van der Waals surface area contributed by atoms with E-state index in [4.69, 9.17) is 12.3 Å². The van der Waals surface area contributed by atoms with Crippen molar-refractivity contribution in [1.29, 1.82) is 0 Å². The molecule has 0 saturated heterocycles. The number of carbonyl (C=O) groups excluding carboxylic acids is 1. The van der Waals surface area contributed by atoms with E-state index in [2.05, 4.69) is 35.0 Å². The van der Waals surface area contributed by atoms with Crippen molar-refractivity contribution in [2.45, 2.75) is 25.9 Å². The summed E-state index contributed by atoms with van der Waals surface area (Å²) in [5.41, 5.74) is 9.37. The molecule has 0 unspecified atom stereocenters. The summed E-state index contributed by atoms with van der Waals surface area (Å²) in [5, 5.41) is 8.72. The fourth-order valence-electron chi connectivity index (χ4n) is 5.75. The van der Waals surface area contributed by atoms with Crippen LogP contribution in [-0.2, 0) is 13.1 Å². The van der Waals surface area contributed by atoms with Crippen LogP contribution in [0.2, 0.25) is 0 Å². The van der Waals surface area contributed by atoms with Crippen LogP contribution >= 0.6 is 0 Å². The van der Waals surface area contributed by atoms with Crippen molar-refractivity contribution >= 4 is 23.0 Å². The number of nitrogens with two attached hydrogens (primary N) is 1. The molecule has 2 aromatic carbocycles. The van der Waals surface area contributed by atoms with E-state index in [0.717, 1.165) is 0 Å². The van der Waals surface area contributed by atoms with Gasteiger partial charge in [0.2, 0.25) is 5.65 Å². The van der Waals surface area contributed by atoms with E-state index in [9.17, 15) is 31.1 Å². The van der Waals surface area contributed by atoms with Crippen molar-refractivity contribution in [1.82, 2.24) is 48.3 Å². The average molecular weight is 755 g/mol. The first-order valence-electron chi connectivity index (χ1n) is 16.1. The number of carbonyl (C=O) groups is 1. The third kappa shape index (κ3) is 7.33. The number of amides is 1. The molecule has 8 aromatic rings. The number of halogens is 6. The van der Waals surface area contributed by atoms with Gasteiger partial charge in [-0.1, -0.05) is 11.7 Å². The summed E-state index contributed by atoms with van der Waals surface area (Å²) in [6, 6.07) is 17.5. The van der Waals surface area contributed by atoms with Crippen LogP contribution in [-0.4, -0.2) is 67.1 Å². The molecule has 0 bridgehead atoms. The zero-order valence-corrected chi connectivity index (χ0v) is 28.0. The molecule has 0 radical (unpaired) electrons. The van der Waals surface area contributed by atoms with Gasteiger partial charge in [0, 0.05) is 17.2 Å². The second-order valence-corrected chi connectivity index (χ2v) is 11.7. The standard InChI is InChI=1S/C18H13F3N6O.C18H11F3N6/c19-11-3-1-10(2-4-11)16-17(26(9-24-16)8-14(20)21)12-5-6-15-23-7-13(18(22)28)27(15)25-12;1-22-16-8-23-15-7-6-13(25-27(15)16)18-17(11-2-4-12(19)5-3-11)24-10-26(18)9-14(20)21/h1-7,9,14H,8H2,(H2,22,28);2-8,10,14H,9H2. The maximum Gasteiger partial charge on any atom is 0.275 e. The maximum atomic E-state index is 13.3. The molecule has 0 saturated carbocycles. The van der Waals surface area contributed by atoms with Crippen molar-refractivity contribution in [3.05, 3.63) is 127 Å². The van der Waals surface area contributed by atoms with Crippen LogP contribution in [0.4, 0.5) is 32.2 Å². The Morgan fingerprint density at radius 2 is 1.11 bits per heavy atom. The Morgan fingerprint density at radius 1 is 0.655 bits per heavy atom. The highest BCUT2D eigenvalue weighted by Gasteiger charge is 2.22. The third-order valence-corrected chi connectivity index (χ3v) is 8.14. The molecule has 2 N–H and O–H groups in total. The smallest absolute Gasteiger partial charge is 0.275 e. The van der Waals surface area contributed by atoms with Gasteiger partial charge < -0.3 is 19.7 Å². The van der Waals surface area contributed by atoms with E-state index < -0.39 is 43.5 Å². The van der Waals surface area contributed by atoms with Crippen LogP contribution in [0.15, 0.2) is 97.8 Å². The first kappa shape index (κ1) is 36.0. The molecule has 55 heavy (non-hydrogen) atoms. The first-order chi connectivity index (χ1) is 26.5. The zero-order valence-electron chi connectivity index (χ0n) is 28.0. The Morgan fingerprint density at radius 3 is 1.56 bits per heavy atom. The predicted molar refractivity (Wildman–Crippen MR) is 186 cm³/mol. The van der Waals surface area contributed by atoms with Crippen LogP contribution < -0.4 is 5.73 Å². The summed E-state index contributed by atoms with van der Waals surface area (Å²) in [6.07, 6.45) is 0.0365. The van der Waals surface area contributed by atoms with Gasteiger partial charge in [0.05, 0.1) is 60.9 Å². The van der Waals surface area contributed by atoms with Gasteiger partial charge in [-0.05, 0) is 66.7 Å². The van der Waals surface area contributed by atoms with Gasteiger partial charge in [-0.15, -0.1) is 4.52 Å². The van der Waals surface area contributed by atoms with Crippen LogP contribution in [0.25, 0.3) is 61.4 Å². The molecular weight excluding hydrogens is 730 g/mol. The molecule has 0 spiro atoms. The molecule has 0 aliphatic rings. The number of fused-ring (bicyclic) bond motifs is 2. The number of hydrogen-bond acceptors (Lipinski definition) is 7.